The van der Waals surface area contributed by atoms with E-state index in [2.05, 4.69) is 36.2 Å². The van der Waals surface area contributed by atoms with Gasteiger partial charge in [0, 0.05) is 26.7 Å². The Balaban J connectivity index is 1.39. The number of halogens is 1. The second-order valence-electron chi connectivity index (χ2n) is 7.71. The number of aromatic amines is 1. The van der Waals surface area contributed by atoms with Crippen molar-refractivity contribution in [2.24, 2.45) is 0 Å². The molecule has 0 saturated heterocycles. The van der Waals surface area contributed by atoms with Gasteiger partial charge in [0.05, 0.1) is 17.0 Å². The number of H-pyrrole nitrogens is 1. The van der Waals surface area contributed by atoms with Crippen LogP contribution in [0.2, 0.25) is 0 Å². The Morgan fingerprint density at radius 1 is 1.06 bits per heavy atom. The molecule has 0 saturated carbocycles. The maximum atomic E-state index is 12.7. The van der Waals surface area contributed by atoms with Gasteiger partial charge in [-0.1, -0.05) is 47.1 Å². The molecule has 1 atom stereocenters. The molecule has 0 bridgehead atoms. The molecule has 2 heterocycles. The Kier molecular flexibility index (Phi) is 7.23. The van der Waals surface area contributed by atoms with E-state index in [1.165, 1.54) is 11.3 Å². The second kappa shape index (κ2) is 10.3. The minimum absolute atomic E-state index is 0.339. The molecule has 0 aliphatic heterocycles. The fourth-order valence-electron chi connectivity index (χ4n) is 3.24. The molecule has 2 aromatic heterocycles. The highest BCUT2D eigenvalue weighted by molar-refractivity contribution is 9.10. The lowest BCUT2D eigenvalue weighted by Crippen LogP contribution is -2.32. The Morgan fingerprint density at radius 3 is 2.35 bits per heavy atom. The summed E-state index contributed by atoms with van der Waals surface area (Å²) >= 11 is 4.73. The number of nitrogens with one attached hydrogen (secondary N) is 2. The van der Waals surface area contributed by atoms with E-state index in [0.717, 1.165) is 38.5 Å². The Morgan fingerprint density at radius 2 is 1.74 bits per heavy atom. The molecule has 9 heteroatoms. The van der Waals surface area contributed by atoms with Gasteiger partial charge >= 0.3 is 5.97 Å². The normalized spacial score (nSPS) is 11.8. The molecular formula is C25H23BrN4O3S. The summed E-state index contributed by atoms with van der Waals surface area (Å²) in [5, 5.41) is 5.08. The van der Waals surface area contributed by atoms with Crippen molar-refractivity contribution in [3.05, 3.63) is 75.3 Å². The quantitative estimate of drug-likeness (QED) is 0.275. The summed E-state index contributed by atoms with van der Waals surface area (Å²) in [7, 11) is 0. The zero-order valence-corrected chi connectivity index (χ0v) is 21.3. The van der Waals surface area contributed by atoms with Crippen molar-refractivity contribution in [3.63, 3.8) is 0 Å². The van der Waals surface area contributed by atoms with Crippen LogP contribution in [0.1, 0.15) is 35.1 Å². The smallest absolute Gasteiger partial charge is 0.338 e. The first-order valence-corrected chi connectivity index (χ1v) is 12.4. The average Bonchev–Trinajstić information content (AvgIpc) is 3.44. The monoisotopic (exact) mass is 538 g/mol. The molecule has 0 aliphatic carbocycles. The molecular weight excluding hydrogens is 516 g/mol. The first-order chi connectivity index (χ1) is 16.3. The first-order valence-electron chi connectivity index (χ1n) is 10.7. The summed E-state index contributed by atoms with van der Waals surface area (Å²) in [6, 6.07) is 14.7. The van der Waals surface area contributed by atoms with Crippen LogP contribution in [0, 0.1) is 13.8 Å². The zero-order valence-electron chi connectivity index (χ0n) is 18.9. The van der Waals surface area contributed by atoms with Crippen molar-refractivity contribution in [3.8, 4) is 22.6 Å². The average molecular weight is 539 g/mol. The van der Waals surface area contributed by atoms with E-state index >= 15 is 0 Å². The molecule has 174 valence electrons. The summed E-state index contributed by atoms with van der Waals surface area (Å²) in [4.78, 5) is 37.5. The van der Waals surface area contributed by atoms with Gasteiger partial charge in [0.25, 0.3) is 5.91 Å². The molecule has 34 heavy (non-hydrogen) atoms. The van der Waals surface area contributed by atoms with Crippen LogP contribution < -0.4 is 5.32 Å². The molecule has 1 amide bonds. The van der Waals surface area contributed by atoms with Crippen LogP contribution in [0.5, 0.6) is 0 Å². The maximum Gasteiger partial charge on any atom is 0.338 e. The van der Waals surface area contributed by atoms with E-state index < -0.39 is 18.0 Å². The molecule has 0 spiro atoms. The van der Waals surface area contributed by atoms with Gasteiger partial charge in [0.15, 0.2) is 11.2 Å². The number of hydrogen-bond acceptors (Lipinski definition) is 6. The van der Waals surface area contributed by atoms with E-state index in [1.807, 2.05) is 43.5 Å². The standard InChI is InChI=1S/C25H23BrN4O3S/c1-4-21(23(31)30-25-29-20(13-34-25)16-9-11-19(26)12-10-16)33-24(32)18-7-5-17(6-8-18)22-27-14(2)15(3)28-22/h5-13,21H,4H2,1-3H3,(H,27,28)(H,29,30,31). The van der Waals surface area contributed by atoms with Gasteiger partial charge in [-0.25, -0.2) is 14.8 Å². The highest BCUT2D eigenvalue weighted by atomic mass is 79.9. The highest BCUT2D eigenvalue weighted by Gasteiger charge is 2.23. The third-order valence-electron chi connectivity index (χ3n) is 5.31. The number of benzene rings is 2. The molecule has 0 radical (unpaired) electrons. The third-order valence-corrected chi connectivity index (χ3v) is 6.60. The van der Waals surface area contributed by atoms with E-state index in [1.54, 1.807) is 31.2 Å². The van der Waals surface area contributed by atoms with Crippen molar-refractivity contribution in [1.82, 2.24) is 15.0 Å². The largest absolute Gasteiger partial charge is 0.449 e. The van der Waals surface area contributed by atoms with Crippen molar-refractivity contribution < 1.29 is 14.3 Å². The minimum atomic E-state index is -0.928. The van der Waals surface area contributed by atoms with Crippen LogP contribution in [0.15, 0.2) is 58.4 Å². The number of anilines is 1. The van der Waals surface area contributed by atoms with Crippen molar-refractivity contribution >= 4 is 44.3 Å². The maximum absolute atomic E-state index is 12.7. The first kappa shape index (κ1) is 23.8. The molecule has 2 aromatic carbocycles. The van der Waals surface area contributed by atoms with Gasteiger partial charge in [-0.05, 0) is 44.5 Å². The molecule has 4 rings (SSSR count). The van der Waals surface area contributed by atoms with Crippen molar-refractivity contribution in [1.29, 1.82) is 0 Å². The molecule has 0 fully saturated rings. The van der Waals surface area contributed by atoms with Crippen molar-refractivity contribution in [2.75, 3.05) is 5.32 Å². The SMILES string of the molecule is CCC(OC(=O)c1ccc(-c2nc(C)c(C)[nH]2)cc1)C(=O)Nc1nc(-c2ccc(Br)cc2)cs1. The predicted octanol–water partition coefficient (Wildman–Crippen LogP) is 6.15. The number of amides is 1. The lowest BCUT2D eigenvalue weighted by Gasteiger charge is -2.15. The van der Waals surface area contributed by atoms with Gasteiger partial charge in [-0.15, -0.1) is 11.3 Å². The number of carbonyl (C=O) groups excluding carboxylic acids is 2. The number of nitrogens with zero attached hydrogens (tertiary/aromatic N) is 2. The van der Waals surface area contributed by atoms with Gasteiger partial charge in [0.2, 0.25) is 0 Å². The highest BCUT2D eigenvalue weighted by Crippen LogP contribution is 2.26. The molecule has 2 N–H and O–H groups in total. The molecule has 0 aliphatic rings. The Hall–Kier alpha value is -3.30. The summed E-state index contributed by atoms with van der Waals surface area (Å²) in [6.45, 7) is 5.68. The number of rotatable bonds is 7. The van der Waals surface area contributed by atoms with Gasteiger partial charge in [-0.2, -0.15) is 0 Å². The fourth-order valence-corrected chi connectivity index (χ4v) is 4.23. The van der Waals surface area contributed by atoms with Crippen LogP contribution in [0.4, 0.5) is 5.13 Å². The van der Waals surface area contributed by atoms with Gasteiger partial charge in [0.1, 0.15) is 5.82 Å². The predicted molar refractivity (Wildman–Crippen MR) is 137 cm³/mol. The number of imidazole rings is 1. The lowest BCUT2D eigenvalue weighted by molar-refractivity contribution is -0.124. The second-order valence-corrected chi connectivity index (χ2v) is 9.48. The zero-order chi connectivity index (χ0) is 24.2. The van der Waals surface area contributed by atoms with Crippen LogP contribution in [-0.2, 0) is 9.53 Å². The summed E-state index contributed by atoms with van der Waals surface area (Å²) in [6.07, 6.45) is -0.589. The summed E-state index contributed by atoms with van der Waals surface area (Å²) in [5.41, 5.74) is 4.87. The number of hydrogen-bond donors (Lipinski definition) is 2. The van der Waals surface area contributed by atoms with E-state index in [9.17, 15) is 9.59 Å². The lowest BCUT2D eigenvalue weighted by atomic mass is 10.1. The van der Waals surface area contributed by atoms with E-state index in [4.69, 9.17) is 4.74 Å². The van der Waals surface area contributed by atoms with Crippen LogP contribution >= 0.6 is 27.3 Å². The van der Waals surface area contributed by atoms with E-state index in [-0.39, 0.29) is 0 Å². The van der Waals surface area contributed by atoms with E-state index in [0.29, 0.717) is 17.1 Å². The van der Waals surface area contributed by atoms with Gasteiger partial charge < -0.3 is 9.72 Å². The number of aryl methyl sites for hydroxylation is 2. The number of esters is 1. The molecule has 7 nitrogen and oxygen atoms in total. The third kappa shape index (κ3) is 5.43. The Labute approximate surface area is 209 Å². The van der Waals surface area contributed by atoms with Crippen LogP contribution in [0.25, 0.3) is 22.6 Å². The van der Waals surface area contributed by atoms with Crippen LogP contribution in [0.3, 0.4) is 0 Å². The topological polar surface area (TPSA) is 97.0 Å². The summed E-state index contributed by atoms with van der Waals surface area (Å²) in [5.74, 6) is -0.229. The molecule has 4 aromatic rings. The molecule has 1 unspecified atom stereocenters. The van der Waals surface area contributed by atoms with Crippen LogP contribution in [-0.4, -0.2) is 32.9 Å². The minimum Gasteiger partial charge on any atom is -0.449 e. The fraction of sp³-hybridized carbons (Fsp3) is 0.200. The number of carbonyl (C=O) groups is 2. The summed E-state index contributed by atoms with van der Waals surface area (Å²) < 4.78 is 6.47. The van der Waals surface area contributed by atoms with Crippen molar-refractivity contribution in [2.45, 2.75) is 33.3 Å². The van der Waals surface area contributed by atoms with Gasteiger partial charge in [-0.3, -0.25) is 10.1 Å². The Bertz CT molecular complexity index is 1290. The number of ether oxygens (including phenoxy) is 1. The number of thiazole rings is 1. The number of aromatic nitrogens is 3.